The van der Waals surface area contributed by atoms with E-state index in [0.29, 0.717) is 5.02 Å². The van der Waals surface area contributed by atoms with E-state index in [9.17, 15) is 0 Å². The molecule has 1 aliphatic heterocycles. The predicted molar refractivity (Wildman–Crippen MR) is 136 cm³/mol. The van der Waals surface area contributed by atoms with Crippen molar-refractivity contribution in [2.45, 2.75) is 38.9 Å². The van der Waals surface area contributed by atoms with Crippen molar-refractivity contribution in [3.05, 3.63) is 77.8 Å². The molecule has 6 rings (SSSR count). The smallest absolute Gasteiger partial charge is 0.399 e. The van der Waals surface area contributed by atoms with Gasteiger partial charge < -0.3 is 9.31 Å². The topological polar surface area (TPSA) is 18.5 Å². The average molecular weight is 439 g/mol. The van der Waals surface area contributed by atoms with E-state index in [2.05, 4.69) is 88.4 Å². The average Bonchev–Trinajstić information content (AvgIpc) is 2.98. The van der Waals surface area contributed by atoms with Gasteiger partial charge in [0.15, 0.2) is 0 Å². The minimum absolute atomic E-state index is 0.392. The Kier molecular flexibility index (Phi) is 4.20. The quantitative estimate of drug-likeness (QED) is 0.214. The van der Waals surface area contributed by atoms with Gasteiger partial charge >= 0.3 is 7.12 Å². The van der Waals surface area contributed by atoms with Gasteiger partial charge in [-0.2, -0.15) is 0 Å². The van der Waals surface area contributed by atoms with Gasteiger partial charge in [-0.05, 0) is 101 Å². The molecule has 0 aliphatic carbocycles. The van der Waals surface area contributed by atoms with E-state index in [1.54, 1.807) is 0 Å². The fraction of sp³-hybridized carbons (Fsp3) is 0.214. The monoisotopic (exact) mass is 438 g/mol. The van der Waals surface area contributed by atoms with Crippen LogP contribution in [0.1, 0.15) is 27.7 Å². The molecule has 0 N–H and O–H groups in total. The van der Waals surface area contributed by atoms with Crippen LogP contribution < -0.4 is 5.46 Å². The van der Waals surface area contributed by atoms with Crippen LogP contribution in [0.25, 0.3) is 43.4 Å². The van der Waals surface area contributed by atoms with Crippen LogP contribution in [0.5, 0.6) is 0 Å². The molecule has 4 heteroatoms. The Bertz CT molecular complexity index is 1420. The lowest BCUT2D eigenvalue weighted by Crippen LogP contribution is -2.41. The summed E-state index contributed by atoms with van der Waals surface area (Å²) in [5, 5.41) is 8.35. The van der Waals surface area contributed by atoms with Gasteiger partial charge in [-0.25, -0.2) is 0 Å². The number of benzene rings is 5. The highest BCUT2D eigenvalue weighted by Crippen LogP contribution is 2.39. The Morgan fingerprint density at radius 1 is 0.625 bits per heavy atom. The molecule has 0 bridgehead atoms. The van der Waals surface area contributed by atoms with Crippen molar-refractivity contribution in [2.75, 3.05) is 0 Å². The molecule has 5 aromatic carbocycles. The van der Waals surface area contributed by atoms with Crippen molar-refractivity contribution in [2.24, 2.45) is 0 Å². The van der Waals surface area contributed by atoms with Crippen molar-refractivity contribution in [3.8, 4) is 11.1 Å². The lowest BCUT2D eigenvalue weighted by molar-refractivity contribution is 0.00578. The molecule has 1 aliphatic rings. The Labute approximate surface area is 193 Å². The third-order valence-electron chi connectivity index (χ3n) is 7.24. The fourth-order valence-electron chi connectivity index (χ4n) is 4.81. The molecular weight excluding hydrogens is 415 g/mol. The summed E-state index contributed by atoms with van der Waals surface area (Å²) in [5.74, 6) is 0. The van der Waals surface area contributed by atoms with Crippen molar-refractivity contribution < 1.29 is 9.31 Å². The molecule has 0 unspecified atom stereocenters. The van der Waals surface area contributed by atoms with Gasteiger partial charge in [0.05, 0.1) is 11.2 Å². The molecule has 0 aromatic heterocycles. The van der Waals surface area contributed by atoms with E-state index in [-0.39, 0.29) is 0 Å². The fourth-order valence-corrected chi connectivity index (χ4v) is 5.06. The van der Waals surface area contributed by atoms with Crippen LogP contribution >= 0.6 is 11.6 Å². The zero-order valence-corrected chi connectivity index (χ0v) is 19.5. The molecular formula is C28H24BClO2. The van der Waals surface area contributed by atoms with Gasteiger partial charge in [0, 0.05) is 5.02 Å². The molecule has 1 fully saturated rings. The summed E-state index contributed by atoms with van der Waals surface area (Å²) in [4.78, 5) is 0. The summed E-state index contributed by atoms with van der Waals surface area (Å²) in [6.07, 6.45) is 0. The third kappa shape index (κ3) is 2.96. The first-order chi connectivity index (χ1) is 15.2. The molecule has 158 valence electrons. The number of rotatable bonds is 2. The second-order valence-electron chi connectivity index (χ2n) is 9.87. The van der Waals surface area contributed by atoms with Crippen molar-refractivity contribution in [1.29, 1.82) is 0 Å². The number of halogens is 1. The summed E-state index contributed by atoms with van der Waals surface area (Å²) in [6, 6.07) is 26.0. The summed E-state index contributed by atoms with van der Waals surface area (Å²) in [7, 11) is -0.442. The standard InChI is InChI=1S/C28H24BClO2/c1-27(2)28(3,4)32-29(31-27)23-14-22(15-24(30)16-23)21-12-19-10-8-17-6-5-7-18-9-11-20(13-21)26(19)25(17)18/h5-16H,1-4H3. The van der Waals surface area contributed by atoms with E-state index in [1.165, 1.54) is 32.3 Å². The molecule has 0 saturated carbocycles. The first kappa shape index (κ1) is 20.1. The van der Waals surface area contributed by atoms with Crippen LogP contribution in [0.2, 0.25) is 5.02 Å². The van der Waals surface area contributed by atoms with Gasteiger partial charge in [-0.1, -0.05) is 60.1 Å². The normalized spacial score (nSPS) is 17.7. The van der Waals surface area contributed by atoms with Crippen LogP contribution in [-0.2, 0) is 9.31 Å². The highest BCUT2D eigenvalue weighted by atomic mass is 35.5. The maximum absolute atomic E-state index is 6.57. The molecule has 32 heavy (non-hydrogen) atoms. The van der Waals surface area contributed by atoms with Crippen molar-refractivity contribution in [1.82, 2.24) is 0 Å². The molecule has 1 heterocycles. The van der Waals surface area contributed by atoms with E-state index in [1.807, 2.05) is 12.1 Å². The van der Waals surface area contributed by atoms with Crippen LogP contribution in [0.4, 0.5) is 0 Å². The Hall–Kier alpha value is -2.59. The summed E-state index contributed by atoms with van der Waals surface area (Å²) < 4.78 is 12.6. The highest BCUT2D eigenvalue weighted by Gasteiger charge is 2.51. The van der Waals surface area contributed by atoms with Gasteiger partial charge in [0.25, 0.3) is 0 Å². The van der Waals surface area contributed by atoms with E-state index in [0.717, 1.165) is 16.6 Å². The molecule has 0 radical (unpaired) electrons. The first-order valence-corrected chi connectivity index (χ1v) is 11.4. The van der Waals surface area contributed by atoms with Gasteiger partial charge in [-0.3, -0.25) is 0 Å². The molecule has 2 nitrogen and oxygen atoms in total. The van der Waals surface area contributed by atoms with Crippen LogP contribution in [0.3, 0.4) is 0 Å². The number of hydrogen-bond acceptors (Lipinski definition) is 2. The molecule has 5 aromatic rings. The second-order valence-corrected chi connectivity index (χ2v) is 10.3. The maximum atomic E-state index is 6.57. The lowest BCUT2D eigenvalue weighted by Gasteiger charge is -2.32. The van der Waals surface area contributed by atoms with Crippen molar-refractivity contribution >= 4 is 56.5 Å². The first-order valence-electron chi connectivity index (χ1n) is 11.1. The largest absolute Gasteiger partial charge is 0.494 e. The Balaban J connectivity index is 1.51. The minimum atomic E-state index is -0.442. The van der Waals surface area contributed by atoms with Crippen LogP contribution in [0, 0.1) is 0 Å². The van der Waals surface area contributed by atoms with Crippen molar-refractivity contribution in [3.63, 3.8) is 0 Å². The zero-order chi connectivity index (χ0) is 22.3. The second kappa shape index (κ2) is 6.71. The van der Waals surface area contributed by atoms with Gasteiger partial charge in [0.1, 0.15) is 0 Å². The summed E-state index contributed by atoms with van der Waals surface area (Å²) in [5.41, 5.74) is 2.35. The van der Waals surface area contributed by atoms with E-state index >= 15 is 0 Å². The molecule has 1 saturated heterocycles. The molecule has 0 amide bonds. The molecule has 0 atom stereocenters. The van der Waals surface area contributed by atoms with Crippen LogP contribution in [0.15, 0.2) is 72.8 Å². The van der Waals surface area contributed by atoms with Gasteiger partial charge in [-0.15, -0.1) is 0 Å². The highest BCUT2D eigenvalue weighted by molar-refractivity contribution is 6.62. The van der Waals surface area contributed by atoms with Gasteiger partial charge in [0.2, 0.25) is 0 Å². The van der Waals surface area contributed by atoms with Crippen LogP contribution in [-0.4, -0.2) is 18.3 Å². The summed E-state index contributed by atoms with van der Waals surface area (Å²) >= 11 is 6.57. The maximum Gasteiger partial charge on any atom is 0.494 e. The Morgan fingerprint density at radius 3 is 1.72 bits per heavy atom. The Morgan fingerprint density at radius 2 is 1.12 bits per heavy atom. The van der Waals surface area contributed by atoms with E-state index in [4.69, 9.17) is 20.9 Å². The summed E-state index contributed by atoms with van der Waals surface area (Å²) in [6.45, 7) is 8.27. The zero-order valence-electron chi connectivity index (χ0n) is 18.7. The number of hydrogen-bond donors (Lipinski definition) is 0. The SMILES string of the molecule is CC1(C)OB(c2cc(Cl)cc(-c3cc4ccc5cccc6ccc(c3)c4c56)c2)OC1(C)C. The lowest BCUT2D eigenvalue weighted by atomic mass is 9.77. The predicted octanol–water partition coefficient (Wildman–Crippen LogP) is 7.20. The third-order valence-corrected chi connectivity index (χ3v) is 7.46. The minimum Gasteiger partial charge on any atom is -0.399 e. The van der Waals surface area contributed by atoms with E-state index < -0.39 is 18.3 Å². The molecule has 0 spiro atoms.